The molecule has 1 aromatic rings. The van der Waals surface area contributed by atoms with Crippen LogP contribution in [0, 0.1) is 0 Å². The number of amides is 1. The van der Waals surface area contributed by atoms with E-state index in [1.807, 2.05) is 28.7 Å². The van der Waals surface area contributed by atoms with Crippen molar-refractivity contribution in [2.45, 2.75) is 19.1 Å². The molecule has 3 nitrogen and oxygen atoms in total. The SMILES string of the molecule is CC1COC(CCl)CN1C(=O)c1ccsc1. The van der Waals surface area contributed by atoms with E-state index in [2.05, 4.69) is 0 Å². The molecule has 0 radical (unpaired) electrons. The fourth-order valence-corrected chi connectivity index (χ4v) is 2.56. The van der Waals surface area contributed by atoms with E-state index in [9.17, 15) is 4.79 Å². The van der Waals surface area contributed by atoms with Gasteiger partial charge in [-0.2, -0.15) is 11.3 Å². The maximum absolute atomic E-state index is 12.2. The van der Waals surface area contributed by atoms with Crippen LogP contribution < -0.4 is 0 Å². The van der Waals surface area contributed by atoms with Gasteiger partial charge in [0.2, 0.25) is 0 Å². The van der Waals surface area contributed by atoms with Crippen LogP contribution in [0.1, 0.15) is 17.3 Å². The maximum Gasteiger partial charge on any atom is 0.255 e. The highest BCUT2D eigenvalue weighted by atomic mass is 35.5. The smallest absolute Gasteiger partial charge is 0.255 e. The van der Waals surface area contributed by atoms with Crippen molar-refractivity contribution in [1.29, 1.82) is 0 Å². The number of alkyl halides is 1. The van der Waals surface area contributed by atoms with Crippen LogP contribution in [0.4, 0.5) is 0 Å². The number of halogens is 1. The van der Waals surface area contributed by atoms with E-state index in [4.69, 9.17) is 16.3 Å². The first-order valence-electron chi connectivity index (χ1n) is 5.23. The van der Waals surface area contributed by atoms with Crippen LogP contribution in [0.5, 0.6) is 0 Å². The minimum atomic E-state index is -0.0412. The fraction of sp³-hybridized carbons (Fsp3) is 0.545. The number of carbonyl (C=O) groups is 1. The summed E-state index contributed by atoms with van der Waals surface area (Å²) in [5.74, 6) is 0.507. The van der Waals surface area contributed by atoms with E-state index in [1.165, 1.54) is 11.3 Å². The quantitative estimate of drug-likeness (QED) is 0.763. The van der Waals surface area contributed by atoms with Gasteiger partial charge in [0.15, 0.2) is 0 Å². The Hall–Kier alpha value is -0.580. The molecule has 1 aliphatic rings. The zero-order valence-corrected chi connectivity index (χ0v) is 10.6. The number of thiophene rings is 1. The van der Waals surface area contributed by atoms with Crippen LogP contribution in [-0.2, 0) is 4.74 Å². The summed E-state index contributed by atoms with van der Waals surface area (Å²) in [6, 6.07) is 1.97. The van der Waals surface area contributed by atoms with Gasteiger partial charge in [0.25, 0.3) is 5.91 Å². The van der Waals surface area contributed by atoms with Gasteiger partial charge in [-0.1, -0.05) is 0 Å². The molecule has 2 heterocycles. The Balaban J connectivity index is 2.09. The zero-order valence-electron chi connectivity index (χ0n) is 9.06. The van der Waals surface area contributed by atoms with Crippen molar-refractivity contribution in [2.24, 2.45) is 0 Å². The first-order chi connectivity index (χ1) is 7.72. The third-order valence-electron chi connectivity index (χ3n) is 2.71. The predicted molar refractivity (Wildman–Crippen MR) is 65.3 cm³/mol. The molecule has 16 heavy (non-hydrogen) atoms. The Morgan fingerprint density at radius 2 is 2.56 bits per heavy atom. The average Bonchev–Trinajstić information content (AvgIpc) is 2.82. The van der Waals surface area contributed by atoms with Crippen molar-refractivity contribution in [3.05, 3.63) is 22.4 Å². The number of hydrogen-bond acceptors (Lipinski definition) is 3. The minimum absolute atomic E-state index is 0.0412. The highest BCUT2D eigenvalue weighted by Gasteiger charge is 2.29. The van der Waals surface area contributed by atoms with E-state index < -0.39 is 0 Å². The summed E-state index contributed by atoms with van der Waals surface area (Å²) in [6.07, 6.45) is -0.0412. The lowest BCUT2D eigenvalue weighted by molar-refractivity contribution is -0.0371. The lowest BCUT2D eigenvalue weighted by Gasteiger charge is -2.37. The second kappa shape index (κ2) is 5.17. The molecule has 0 N–H and O–H groups in total. The molecule has 1 aromatic heterocycles. The summed E-state index contributed by atoms with van der Waals surface area (Å²) in [5, 5.41) is 3.79. The van der Waals surface area contributed by atoms with Gasteiger partial charge in [-0.3, -0.25) is 4.79 Å². The Bertz CT molecular complexity index is 355. The Kier molecular flexibility index (Phi) is 3.84. The Morgan fingerprint density at radius 1 is 1.75 bits per heavy atom. The van der Waals surface area contributed by atoms with Crippen LogP contribution in [-0.4, -0.2) is 42.0 Å². The van der Waals surface area contributed by atoms with Gasteiger partial charge in [0.05, 0.1) is 30.2 Å². The molecule has 0 aliphatic carbocycles. The normalized spacial score (nSPS) is 25.8. The molecular weight excluding hydrogens is 246 g/mol. The van der Waals surface area contributed by atoms with Crippen LogP contribution >= 0.6 is 22.9 Å². The van der Waals surface area contributed by atoms with E-state index >= 15 is 0 Å². The molecule has 2 rings (SSSR count). The first-order valence-corrected chi connectivity index (χ1v) is 6.71. The van der Waals surface area contributed by atoms with E-state index in [1.54, 1.807) is 0 Å². The van der Waals surface area contributed by atoms with Gasteiger partial charge in [0, 0.05) is 11.9 Å². The van der Waals surface area contributed by atoms with Crippen molar-refractivity contribution >= 4 is 28.8 Å². The topological polar surface area (TPSA) is 29.5 Å². The molecule has 5 heteroatoms. The van der Waals surface area contributed by atoms with Gasteiger partial charge in [-0.05, 0) is 18.4 Å². The summed E-state index contributed by atoms with van der Waals surface area (Å²) >= 11 is 7.30. The third-order valence-corrected chi connectivity index (χ3v) is 3.73. The monoisotopic (exact) mass is 259 g/mol. The summed E-state index contributed by atoms with van der Waals surface area (Å²) in [6.45, 7) is 3.14. The lowest BCUT2D eigenvalue weighted by atomic mass is 10.1. The number of hydrogen-bond donors (Lipinski definition) is 0. The molecule has 88 valence electrons. The number of rotatable bonds is 2. The first kappa shape index (κ1) is 11.9. The molecule has 1 amide bonds. The second-order valence-electron chi connectivity index (χ2n) is 3.93. The largest absolute Gasteiger partial charge is 0.373 e. The summed E-state index contributed by atoms with van der Waals surface area (Å²) in [5.41, 5.74) is 0.757. The van der Waals surface area contributed by atoms with Crippen molar-refractivity contribution in [1.82, 2.24) is 4.90 Å². The maximum atomic E-state index is 12.2. The summed E-state index contributed by atoms with van der Waals surface area (Å²) in [7, 11) is 0. The standard InChI is InChI=1S/C11H14ClNO2S/c1-8-6-15-10(4-12)5-13(8)11(14)9-2-3-16-7-9/h2-3,7-8,10H,4-6H2,1H3. The molecule has 1 aliphatic heterocycles. The molecule has 0 bridgehead atoms. The fourth-order valence-electron chi connectivity index (χ4n) is 1.75. The van der Waals surface area contributed by atoms with Crippen LogP contribution in [0.3, 0.4) is 0 Å². The number of ether oxygens (including phenoxy) is 1. The van der Waals surface area contributed by atoms with Crippen molar-refractivity contribution in [3.8, 4) is 0 Å². The minimum Gasteiger partial charge on any atom is -0.373 e. The highest BCUT2D eigenvalue weighted by molar-refractivity contribution is 7.08. The van der Waals surface area contributed by atoms with Crippen molar-refractivity contribution in [3.63, 3.8) is 0 Å². The van der Waals surface area contributed by atoms with Gasteiger partial charge in [-0.15, -0.1) is 11.6 Å². The number of nitrogens with zero attached hydrogens (tertiary/aromatic N) is 1. The Labute approximate surface area is 104 Å². The van der Waals surface area contributed by atoms with Crippen LogP contribution in [0.2, 0.25) is 0 Å². The zero-order chi connectivity index (χ0) is 11.5. The molecule has 0 spiro atoms. The van der Waals surface area contributed by atoms with E-state index in [-0.39, 0.29) is 18.1 Å². The van der Waals surface area contributed by atoms with Gasteiger partial charge in [-0.25, -0.2) is 0 Å². The predicted octanol–water partition coefficient (Wildman–Crippen LogP) is 2.22. The lowest BCUT2D eigenvalue weighted by Crippen LogP contribution is -2.51. The molecule has 0 saturated carbocycles. The molecule has 1 saturated heterocycles. The van der Waals surface area contributed by atoms with Gasteiger partial charge >= 0.3 is 0 Å². The number of morpholine rings is 1. The van der Waals surface area contributed by atoms with E-state index in [0.29, 0.717) is 19.0 Å². The number of carbonyl (C=O) groups excluding carboxylic acids is 1. The summed E-state index contributed by atoms with van der Waals surface area (Å²) < 4.78 is 5.51. The van der Waals surface area contributed by atoms with Gasteiger partial charge in [0.1, 0.15) is 0 Å². The summed E-state index contributed by atoms with van der Waals surface area (Å²) in [4.78, 5) is 14.0. The molecule has 1 fully saturated rings. The van der Waals surface area contributed by atoms with Crippen LogP contribution in [0.25, 0.3) is 0 Å². The molecule has 0 aromatic carbocycles. The highest BCUT2D eigenvalue weighted by Crippen LogP contribution is 2.17. The Morgan fingerprint density at radius 3 is 3.19 bits per heavy atom. The average molecular weight is 260 g/mol. The third kappa shape index (κ3) is 2.39. The molecule has 2 unspecified atom stereocenters. The molecule has 2 atom stereocenters. The van der Waals surface area contributed by atoms with Crippen molar-refractivity contribution in [2.75, 3.05) is 19.0 Å². The van der Waals surface area contributed by atoms with E-state index in [0.717, 1.165) is 5.56 Å². The molecular formula is C11H14ClNO2S. The second-order valence-corrected chi connectivity index (χ2v) is 5.02. The van der Waals surface area contributed by atoms with Gasteiger partial charge < -0.3 is 9.64 Å². The van der Waals surface area contributed by atoms with Crippen molar-refractivity contribution < 1.29 is 9.53 Å². The van der Waals surface area contributed by atoms with Crippen LogP contribution in [0.15, 0.2) is 16.8 Å².